The summed E-state index contributed by atoms with van der Waals surface area (Å²) in [4.78, 5) is 36.9. The van der Waals surface area contributed by atoms with Crippen LogP contribution >= 0.6 is 0 Å². The molecule has 0 bridgehead atoms. The van der Waals surface area contributed by atoms with Crippen LogP contribution in [0.2, 0.25) is 0 Å². The second-order valence-electron chi connectivity index (χ2n) is 9.90. The van der Waals surface area contributed by atoms with Gasteiger partial charge in [-0.05, 0) is 67.6 Å². The number of nitrogens with zero attached hydrogens (tertiary/aromatic N) is 3. The van der Waals surface area contributed by atoms with Gasteiger partial charge in [-0.3, -0.25) is 9.69 Å². The molecule has 1 aromatic carbocycles. The van der Waals surface area contributed by atoms with Gasteiger partial charge in [-0.1, -0.05) is 18.2 Å². The predicted molar refractivity (Wildman–Crippen MR) is 117 cm³/mol. The number of imide groups is 1. The van der Waals surface area contributed by atoms with E-state index in [1.165, 1.54) is 35.2 Å². The Kier molecular flexibility index (Phi) is 4.41. The third-order valence-electron chi connectivity index (χ3n) is 8.19. The lowest BCUT2D eigenvalue weighted by Gasteiger charge is -2.46. The van der Waals surface area contributed by atoms with Crippen molar-refractivity contribution in [1.82, 2.24) is 20.2 Å². The summed E-state index contributed by atoms with van der Waals surface area (Å²) in [5.74, 6) is 0.455. The fourth-order valence-corrected chi connectivity index (χ4v) is 6.34. The van der Waals surface area contributed by atoms with Gasteiger partial charge in [0.1, 0.15) is 6.33 Å². The summed E-state index contributed by atoms with van der Waals surface area (Å²) in [5, 5.41) is 3.24. The van der Waals surface area contributed by atoms with Crippen LogP contribution in [0.5, 0.6) is 0 Å². The average Bonchev–Trinajstić information content (AvgIpc) is 3.60. The number of carbonyl (C=O) groups is 2. The molecule has 3 aliphatic carbocycles. The molecule has 7 nitrogen and oxygen atoms in total. The van der Waals surface area contributed by atoms with Gasteiger partial charge >= 0.3 is 6.03 Å². The minimum absolute atomic E-state index is 0.131. The van der Waals surface area contributed by atoms with Gasteiger partial charge in [0.2, 0.25) is 0 Å². The molecule has 2 heterocycles. The molecule has 4 aliphatic rings. The second kappa shape index (κ2) is 7.10. The Balaban J connectivity index is 1.44. The highest BCUT2D eigenvalue weighted by Crippen LogP contribution is 2.60. The number of carbonyl (C=O) groups excluding carboxylic acids is 2. The van der Waals surface area contributed by atoms with Crippen molar-refractivity contribution in [3.8, 4) is 0 Å². The molecule has 1 aliphatic heterocycles. The van der Waals surface area contributed by atoms with E-state index in [1.807, 2.05) is 0 Å². The van der Waals surface area contributed by atoms with E-state index in [4.69, 9.17) is 4.74 Å². The van der Waals surface area contributed by atoms with E-state index in [-0.39, 0.29) is 30.0 Å². The Morgan fingerprint density at radius 1 is 1.12 bits per heavy atom. The zero-order valence-electron chi connectivity index (χ0n) is 18.3. The van der Waals surface area contributed by atoms with Gasteiger partial charge in [-0.15, -0.1) is 0 Å². The van der Waals surface area contributed by atoms with Crippen LogP contribution in [0.25, 0.3) is 0 Å². The second-order valence-corrected chi connectivity index (χ2v) is 9.90. The van der Waals surface area contributed by atoms with Crippen LogP contribution in [0, 0.1) is 5.41 Å². The molecule has 3 amide bonds. The van der Waals surface area contributed by atoms with Crippen molar-refractivity contribution < 1.29 is 14.3 Å². The van der Waals surface area contributed by atoms with Crippen LogP contribution in [0.1, 0.15) is 66.7 Å². The van der Waals surface area contributed by atoms with Gasteiger partial charge < -0.3 is 10.1 Å². The lowest BCUT2D eigenvalue weighted by molar-refractivity contribution is -0.139. The number of hydrogen-bond acceptors (Lipinski definition) is 5. The van der Waals surface area contributed by atoms with E-state index in [2.05, 4.69) is 33.5 Å². The molecule has 1 aromatic heterocycles. The molecule has 166 valence electrons. The maximum absolute atomic E-state index is 14.2. The lowest BCUT2D eigenvalue weighted by Crippen LogP contribution is -2.56. The Morgan fingerprint density at radius 2 is 1.88 bits per heavy atom. The molecule has 32 heavy (non-hydrogen) atoms. The Labute approximate surface area is 187 Å². The zero-order valence-corrected chi connectivity index (χ0v) is 18.3. The molecule has 2 spiro atoms. The van der Waals surface area contributed by atoms with Crippen molar-refractivity contribution in [3.05, 3.63) is 59.2 Å². The number of urea groups is 1. The highest BCUT2D eigenvalue weighted by Gasteiger charge is 2.68. The fraction of sp³-hybridized carbons (Fsp3) is 0.520. The molecular formula is C25H28N4O3. The molecule has 1 saturated heterocycles. The van der Waals surface area contributed by atoms with Crippen molar-refractivity contribution >= 4 is 11.9 Å². The van der Waals surface area contributed by atoms with Crippen molar-refractivity contribution in [2.45, 2.75) is 69.1 Å². The monoisotopic (exact) mass is 432 g/mol. The average molecular weight is 433 g/mol. The Bertz CT molecular complexity index is 1080. The highest BCUT2D eigenvalue weighted by molar-refractivity contribution is 6.08. The van der Waals surface area contributed by atoms with E-state index in [1.54, 1.807) is 19.5 Å². The molecule has 7 heteroatoms. The van der Waals surface area contributed by atoms with Gasteiger partial charge in [0.15, 0.2) is 5.54 Å². The van der Waals surface area contributed by atoms with Crippen LogP contribution < -0.4 is 5.32 Å². The van der Waals surface area contributed by atoms with Gasteiger partial charge in [-0.2, -0.15) is 0 Å². The third-order valence-corrected chi connectivity index (χ3v) is 8.19. The standard InChI is InChI=1S/C25H28N4O3/c1-32-20-6-8-24(9-7-20)11-19-5-4-18(17-2-3-17)10-21(19)25(24)22(30)29(23(31)28-25)14-16-12-26-15-27-13-16/h4-5,10,12-13,15,17,20H,2-3,6-9,11,14H2,1H3,(H,28,31). The van der Waals surface area contributed by atoms with Crippen LogP contribution in [-0.2, 0) is 28.0 Å². The number of ether oxygens (including phenoxy) is 1. The van der Waals surface area contributed by atoms with E-state index < -0.39 is 5.54 Å². The molecule has 1 atom stereocenters. The number of nitrogens with one attached hydrogen (secondary N) is 1. The smallest absolute Gasteiger partial charge is 0.325 e. The molecule has 0 radical (unpaired) electrons. The lowest BCUT2D eigenvalue weighted by atomic mass is 9.61. The van der Waals surface area contributed by atoms with Crippen molar-refractivity contribution in [3.63, 3.8) is 0 Å². The summed E-state index contributed by atoms with van der Waals surface area (Å²) >= 11 is 0. The van der Waals surface area contributed by atoms with E-state index in [0.717, 1.165) is 43.2 Å². The minimum atomic E-state index is -1.00. The Morgan fingerprint density at radius 3 is 2.56 bits per heavy atom. The van der Waals surface area contributed by atoms with Crippen LogP contribution in [0.15, 0.2) is 36.9 Å². The number of benzene rings is 1. The third kappa shape index (κ3) is 2.76. The van der Waals surface area contributed by atoms with Gasteiger partial charge in [0.05, 0.1) is 12.6 Å². The number of aromatic nitrogens is 2. The van der Waals surface area contributed by atoms with E-state index in [0.29, 0.717) is 5.92 Å². The van der Waals surface area contributed by atoms with Gasteiger partial charge in [-0.25, -0.2) is 14.8 Å². The first-order valence-electron chi connectivity index (χ1n) is 11.6. The first kappa shape index (κ1) is 19.9. The van der Waals surface area contributed by atoms with Gasteiger partial charge in [0.25, 0.3) is 5.91 Å². The van der Waals surface area contributed by atoms with Crippen molar-refractivity contribution in [1.29, 1.82) is 0 Å². The fourth-order valence-electron chi connectivity index (χ4n) is 6.34. The maximum atomic E-state index is 14.2. The molecule has 3 fully saturated rings. The van der Waals surface area contributed by atoms with Crippen molar-refractivity contribution in [2.75, 3.05) is 7.11 Å². The largest absolute Gasteiger partial charge is 0.381 e. The number of methoxy groups -OCH3 is 1. The molecule has 6 rings (SSSR count). The summed E-state index contributed by atoms with van der Waals surface area (Å²) in [6.45, 7) is 0.182. The quantitative estimate of drug-likeness (QED) is 0.749. The highest BCUT2D eigenvalue weighted by atomic mass is 16.5. The van der Waals surface area contributed by atoms with Crippen LogP contribution in [0.4, 0.5) is 4.79 Å². The van der Waals surface area contributed by atoms with Crippen molar-refractivity contribution in [2.24, 2.45) is 5.41 Å². The molecular weight excluding hydrogens is 404 g/mol. The molecule has 2 aromatic rings. The number of rotatable bonds is 4. The van der Waals surface area contributed by atoms with E-state index in [9.17, 15) is 9.59 Å². The first-order valence-corrected chi connectivity index (χ1v) is 11.6. The van der Waals surface area contributed by atoms with Gasteiger partial charge in [0, 0.05) is 30.5 Å². The van der Waals surface area contributed by atoms with E-state index >= 15 is 0 Å². The maximum Gasteiger partial charge on any atom is 0.325 e. The SMILES string of the molecule is COC1CCC2(CC1)Cc1ccc(C3CC3)cc1C21NC(=O)N(Cc2cncnc2)C1=O. The first-order chi connectivity index (χ1) is 15.6. The molecule has 2 saturated carbocycles. The topological polar surface area (TPSA) is 84.4 Å². The normalized spacial score (nSPS) is 31.4. The summed E-state index contributed by atoms with van der Waals surface area (Å²) in [7, 11) is 1.76. The number of amides is 3. The Hall–Kier alpha value is -2.80. The summed E-state index contributed by atoms with van der Waals surface area (Å²) in [6.07, 6.45) is 11.7. The van der Waals surface area contributed by atoms with Crippen LogP contribution in [-0.4, -0.2) is 40.0 Å². The minimum Gasteiger partial charge on any atom is -0.381 e. The summed E-state index contributed by atoms with van der Waals surface area (Å²) in [5.41, 5.74) is 2.93. The predicted octanol–water partition coefficient (Wildman–Crippen LogP) is 3.43. The van der Waals surface area contributed by atoms with Crippen LogP contribution in [0.3, 0.4) is 0 Å². The molecule has 1 N–H and O–H groups in total. The number of fused-ring (bicyclic) bond motifs is 3. The zero-order chi connectivity index (χ0) is 21.9. The summed E-state index contributed by atoms with van der Waals surface area (Å²) in [6, 6.07) is 6.33. The summed E-state index contributed by atoms with van der Waals surface area (Å²) < 4.78 is 5.63. The number of hydrogen-bond donors (Lipinski definition) is 1. The molecule has 1 unspecified atom stereocenters.